The number of halogens is 3. The second-order valence-corrected chi connectivity index (χ2v) is 7.88. The Kier molecular flexibility index (Phi) is 5.74. The predicted molar refractivity (Wildman–Crippen MR) is 126 cm³/mol. The monoisotopic (exact) mass is 473 g/mol. The van der Waals surface area contributed by atoms with Gasteiger partial charge in [-0.05, 0) is 54.1 Å². The second kappa shape index (κ2) is 9.02. The van der Waals surface area contributed by atoms with Gasteiger partial charge in [0.2, 0.25) is 0 Å². The van der Waals surface area contributed by atoms with E-state index in [0.717, 1.165) is 40.0 Å². The Morgan fingerprint density at radius 3 is 2.63 bits per heavy atom. The average Bonchev–Trinajstić information content (AvgIpc) is 3.32. The Bertz CT molecular complexity index is 1510. The molecule has 3 aromatic heterocycles. The molecule has 35 heavy (non-hydrogen) atoms. The number of H-pyrrole nitrogens is 1. The van der Waals surface area contributed by atoms with Crippen LogP contribution in [0.5, 0.6) is 0 Å². The topological polar surface area (TPSA) is 83.6 Å². The number of amides is 1. The normalized spacial score (nSPS) is 11.5. The maximum absolute atomic E-state index is 13.0. The number of benzene rings is 2. The number of nitrogens with one attached hydrogen (secondary N) is 2. The summed E-state index contributed by atoms with van der Waals surface area (Å²) in [7, 11) is 0. The molecule has 0 bridgehead atoms. The summed E-state index contributed by atoms with van der Waals surface area (Å²) in [6, 6.07) is 17.0. The Hall–Kier alpha value is -4.53. The summed E-state index contributed by atoms with van der Waals surface area (Å²) in [6.45, 7) is 0. The van der Waals surface area contributed by atoms with Gasteiger partial charge >= 0.3 is 6.18 Å². The highest BCUT2D eigenvalue weighted by Gasteiger charge is 2.30. The molecule has 5 aromatic rings. The molecule has 1 amide bonds. The summed E-state index contributed by atoms with van der Waals surface area (Å²) in [5.41, 5.74) is 3.50. The van der Waals surface area contributed by atoms with E-state index < -0.39 is 17.6 Å². The highest BCUT2D eigenvalue weighted by molar-refractivity contribution is 6.04. The zero-order chi connectivity index (χ0) is 24.4. The van der Waals surface area contributed by atoms with Gasteiger partial charge in [-0.3, -0.25) is 9.78 Å². The first-order chi connectivity index (χ1) is 16.9. The molecule has 0 unspecified atom stereocenters. The van der Waals surface area contributed by atoms with Crippen molar-refractivity contribution in [2.24, 2.45) is 0 Å². The zero-order valence-corrected chi connectivity index (χ0v) is 18.2. The van der Waals surface area contributed by atoms with E-state index in [1.807, 2.05) is 24.3 Å². The lowest BCUT2D eigenvalue weighted by atomic mass is 10.1. The lowest BCUT2D eigenvalue weighted by molar-refractivity contribution is -0.137. The zero-order valence-electron chi connectivity index (χ0n) is 18.2. The van der Waals surface area contributed by atoms with Crippen LogP contribution in [0.25, 0.3) is 22.3 Å². The van der Waals surface area contributed by atoms with Crippen molar-refractivity contribution >= 4 is 22.6 Å². The third-order valence-corrected chi connectivity index (χ3v) is 5.39. The van der Waals surface area contributed by atoms with Gasteiger partial charge in [-0.2, -0.15) is 13.2 Å². The van der Waals surface area contributed by atoms with E-state index in [0.29, 0.717) is 17.9 Å². The van der Waals surface area contributed by atoms with Gasteiger partial charge in [0.25, 0.3) is 5.91 Å². The molecular weight excluding hydrogens is 455 g/mol. The van der Waals surface area contributed by atoms with Gasteiger partial charge in [0.1, 0.15) is 5.82 Å². The maximum Gasteiger partial charge on any atom is 0.416 e. The van der Waals surface area contributed by atoms with E-state index in [1.54, 1.807) is 36.8 Å². The van der Waals surface area contributed by atoms with Crippen molar-refractivity contribution in [2.75, 3.05) is 5.32 Å². The predicted octanol–water partition coefficient (Wildman–Crippen LogP) is 5.88. The van der Waals surface area contributed by atoms with Crippen LogP contribution in [0.4, 0.5) is 18.9 Å². The first-order valence-electron chi connectivity index (χ1n) is 10.7. The van der Waals surface area contributed by atoms with E-state index in [-0.39, 0.29) is 5.56 Å². The number of anilines is 1. The van der Waals surface area contributed by atoms with E-state index in [2.05, 4.69) is 20.3 Å². The smallest absolute Gasteiger partial charge is 0.358 e. The van der Waals surface area contributed by atoms with Gasteiger partial charge in [0, 0.05) is 41.8 Å². The third-order valence-electron chi connectivity index (χ3n) is 5.39. The van der Waals surface area contributed by atoms with Crippen molar-refractivity contribution in [3.05, 3.63) is 108 Å². The van der Waals surface area contributed by atoms with Crippen LogP contribution in [0, 0.1) is 0 Å². The van der Waals surface area contributed by atoms with Gasteiger partial charge in [-0.15, -0.1) is 0 Å². The molecule has 6 nitrogen and oxygen atoms in total. The van der Waals surface area contributed by atoms with Crippen molar-refractivity contribution < 1.29 is 18.0 Å². The number of rotatable bonds is 5. The molecule has 174 valence electrons. The van der Waals surface area contributed by atoms with Gasteiger partial charge in [-0.25, -0.2) is 9.97 Å². The summed E-state index contributed by atoms with van der Waals surface area (Å²) in [4.78, 5) is 29.3. The number of aromatic nitrogens is 4. The number of nitrogens with zero attached hydrogens (tertiary/aromatic N) is 3. The molecule has 2 aromatic carbocycles. The van der Waals surface area contributed by atoms with Crippen LogP contribution in [0.1, 0.15) is 27.3 Å². The number of pyridine rings is 1. The molecule has 0 saturated heterocycles. The lowest BCUT2D eigenvalue weighted by Crippen LogP contribution is -2.14. The van der Waals surface area contributed by atoms with Crippen molar-refractivity contribution in [3.8, 4) is 11.3 Å². The maximum atomic E-state index is 13.0. The van der Waals surface area contributed by atoms with Crippen molar-refractivity contribution in [1.82, 2.24) is 19.9 Å². The SMILES string of the molecule is O=C(Nc1cccc(Cc2nc(-c3cccnc3)c3[nH]ccc3n2)c1)c1cccc(C(F)(F)F)c1. The quantitative estimate of drug-likeness (QED) is 0.334. The molecule has 0 spiro atoms. The van der Waals surface area contributed by atoms with Crippen LogP contribution in [-0.2, 0) is 12.6 Å². The summed E-state index contributed by atoms with van der Waals surface area (Å²) < 4.78 is 38.9. The van der Waals surface area contributed by atoms with Gasteiger partial charge in [0.15, 0.2) is 0 Å². The molecular formula is C26H18F3N5O. The fraction of sp³-hybridized carbons (Fsp3) is 0.0769. The Balaban J connectivity index is 1.39. The molecule has 0 aliphatic heterocycles. The lowest BCUT2D eigenvalue weighted by Gasteiger charge is -2.10. The summed E-state index contributed by atoms with van der Waals surface area (Å²) >= 11 is 0. The Labute approximate surface area is 197 Å². The molecule has 0 aliphatic rings. The van der Waals surface area contributed by atoms with Gasteiger partial charge in [0.05, 0.1) is 22.3 Å². The van der Waals surface area contributed by atoms with Crippen LogP contribution in [0.2, 0.25) is 0 Å². The van der Waals surface area contributed by atoms with Crippen LogP contribution >= 0.6 is 0 Å². The fourth-order valence-electron chi connectivity index (χ4n) is 3.77. The van der Waals surface area contributed by atoms with E-state index in [4.69, 9.17) is 4.98 Å². The molecule has 3 heterocycles. The fourth-order valence-corrected chi connectivity index (χ4v) is 3.77. The molecule has 5 rings (SSSR count). The minimum absolute atomic E-state index is 0.0763. The highest BCUT2D eigenvalue weighted by Crippen LogP contribution is 2.30. The molecule has 0 fully saturated rings. The van der Waals surface area contributed by atoms with Gasteiger partial charge < -0.3 is 10.3 Å². The number of alkyl halides is 3. The summed E-state index contributed by atoms with van der Waals surface area (Å²) in [6.07, 6.45) is 1.09. The van der Waals surface area contributed by atoms with Gasteiger partial charge in [-0.1, -0.05) is 18.2 Å². The minimum Gasteiger partial charge on any atom is -0.358 e. The number of carbonyl (C=O) groups is 1. The van der Waals surface area contributed by atoms with E-state index in [9.17, 15) is 18.0 Å². The molecule has 2 N–H and O–H groups in total. The number of hydrogen-bond donors (Lipinski definition) is 2. The Morgan fingerprint density at radius 1 is 0.971 bits per heavy atom. The van der Waals surface area contributed by atoms with E-state index in [1.165, 1.54) is 12.1 Å². The van der Waals surface area contributed by atoms with Crippen LogP contribution in [0.15, 0.2) is 85.3 Å². The number of hydrogen-bond acceptors (Lipinski definition) is 4. The molecule has 0 saturated carbocycles. The molecule has 0 radical (unpaired) electrons. The average molecular weight is 473 g/mol. The number of carbonyl (C=O) groups excluding carboxylic acids is 1. The molecule has 0 atom stereocenters. The number of fused-ring (bicyclic) bond motifs is 1. The third kappa shape index (κ3) is 4.89. The largest absolute Gasteiger partial charge is 0.416 e. The van der Waals surface area contributed by atoms with Crippen LogP contribution in [-0.4, -0.2) is 25.8 Å². The second-order valence-electron chi connectivity index (χ2n) is 7.88. The number of aromatic amines is 1. The summed E-state index contributed by atoms with van der Waals surface area (Å²) in [5.74, 6) is -0.0468. The van der Waals surface area contributed by atoms with Crippen LogP contribution in [0.3, 0.4) is 0 Å². The van der Waals surface area contributed by atoms with Crippen molar-refractivity contribution in [2.45, 2.75) is 12.6 Å². The standard InChI is InChI=1S/C26H18F3N5O/c27-26(28,29)19-7-2-5-17(14-19)25(35)32-20-8-1-4-16(12-20)13-22-33-21-9-11-31-24(21)23(34-22)18-6-3-10-30-15-18/h1-12,14-15,31H,13H2,(H,32,35). The van der Waals surface area contributed by atoms with Crippen molar-refractivity contribution in [3.63, 3.8) is 0 Å². The summed E-state index contributed by atoms with van der Waals surface area (Å²) in [5, 5.41) is 2.67. The first-order valence-corrected chi connectivity index (χ1v) is 10.7. The van der Waals surface area contributed by atoms with Crippen molar-refractivity contribution in [1.29, 1.82) is 0 Å². The highest BCUT2D eigenvalue weighted by atomic mass is 19.4. The molecule has 9 heteroatoms. The molecule has 0 aliphatic carbocycles. The Morgan fingerprint density at radius 2 is 1.83 bits per heavy atom. The minimum atomic E-state index is -4.52. The first kappa shape index (κ1) is 22.3. The van der Waals surface area contributed by atoms with Crippen LogP contribution < -0.4 is 5.32 Å². The van der Waals surface area contributed by atoms with E-state index >= 15 is 0 Å².